The van der Waals surface area contributed by atoms with Crippen LogP contribution in [0.15, 0.2) is 0 Å². The Morgan fingerprint density at radius 2 is 2.22 bits per heavy atom. The molecule has 0 aromatic carbocycles. The van der Waals surface area contributed by atoms with E-state index in [1.807, 2.05) is 11.8 Å². The minimum atomic E-state index is 0.694. The van der Waals surface area contributed by atoms with Crippen molar-refractivity contribution in [1.82, 2.24) is 0 Å². The molecule has 0 amide bonds. The van der Waals surface area contributed by atoms with Gasteiger partial charge in [0.2, 0.25) is 0 Å². The monoisotopic (exact) mass is 208 g/mol. The molecule has 0 spiro atoms. The van der Waals surface area contributed by atoms with Crippen LogP contribution in [0.2, 0.25) is 0 Å². The molecular formula is C7H13BrS. The van der Waals surface area contributed by atoms with Gasteiger partial charge in [0.15, 0.2) is 0 Å². The van der Waals surface area contributed by atoms with Crippen LogP contribution in [-0.4, -0.2) is 17.3 Å². The molecule has 0 unspecified atom stereocenters. The van der Waals surface area contributed by atoms with Gasteiger partial charge >= 0.3 is 0 Å². The van der Waals surface area contributed by atoms with E-state index >= 15 is 0 Å². The maximum absolute atomic E-state index is 3.57. The Kier molecular flexibility index (Phi) is 2.90. The fourth-order valence-corrected chi connectivity index (χ4v) is 3.32. The van der Waals surface area contributed by atoms with Crippen LogP contribution in [0.25, 0.3) is 0 Å². The minimum Gasteiger partial charge on any atom is -0.165 e. The van der Waals surface area contributed by atoms with Gasteiger partial charge in [-0.05, 0) is 30.3 Å². The molecule has 1 fully saturated rings. The van der Waals surface area contributed by atoms with Crippen molar-refractivity contribution >= 4 is 27.7 Å². The quantitative estimate of drug-likeness (QED) is 0.644. The van der Waals surface area contributed by atoms with Gasteiger partial charge in [-0.25, -0.2) is 0 Å². The van der Waals surface area contributed by atoms with Crippen LogP contribution in [0.5, 0.6) is 0 Å². The highest BCUT2D eigenvalue weighted by Crippen LogP contribution is 2.44. The predicted molar refractivity (Wildman–Crippen MR) is 48.5 cm³/mol. The van der Waals surface area contributed by atoms with Gasteiger partial charge in [-0.1, -0.05) is 22.4 Å². The Labute approximate surface area is 69.9 Å². The SMILES string of the molecule is CSCC1(CBr)CCC1. The molecule has 0 N–H and O–H groups in total. The Morgan fingerprint density at radius 3 is 2.33 bits per heavy atom. The predicted octanol–water partition coefficient (Wildman–Crippen LogP) is 2.91. The molecule has 0 aromatic heterocycles. The minimum absolute atomic E-state index is 0.694. The summed E-state index contributed by atoms with van der Waals surface area (Å²) in [7, 11) is 0. The van der Waals surface area contributed by atoms with Crippen LogP contribution < -0.4 is 0 Å². The van der Waals surface area contributed by atoms with E-state index in [0.29, 0.717) is 5.41 Å². The van der Waals surface area contributed by atoms with Crippen molar-refractivity contribution in [3.63, 3.8) is 0 Å². The fraction of sp³-hybridized carbons (Fsp3) is 1.00. The van der Waals surface area contributed by atoms with E-state index in [-0.39, 0.29) is 0 Å². The Balaban J connectivity index is 2.28. The molecule has 0 aliphatic heterocycles. The first-order valence-corrected chi connectivity index (χ1v) is 5.89. The molecule has 0 nitrogen and oxygen atoms in total. The van der Waals surface area contributed by atoms with E-state index in [4.69, 9.17) is 0 Å². The first kappa shape index (κ1) is 7.93. The van der Waals surface area contributed by atoms with Crippen LogP contribution in [0.1, 0.15) is 19.3 Å². The Hall–Kier alpha value is 0.830. The van der Waals surface area contributed by atoms with Crippen molar-refractivity contribution in [2.24, 2.45) is 5.41 Å². The largest absolute Gasteiger partial charge is 0.165 e. The third-order valence-corrected chi connectivity index (χ3v) is 4.24. The van der Waals surface area contributed by atoms with E-state index in [0.717, 1.165) is 0 Å². The van der Waals surface area contributed by atoms with Gasteiger partial charge in [-0.15, -0.1) is 0 Å². The number of thioether (sulfide) groups is 1. The highest BCUT2D eigenvalue weighted by atomic mass is 79.9. The van der Waals surface area contributed by atoms with Gasteiger partial charge in [0.25, 0.3) is 0 Å². The highest BCUT2D eigenvalue weighted by Gasteiger charge is 2.34. The first-order valence-electron chi connectivity index (χ1n) is 3.38. The third-order valence-electron chi connectivity index (χ3n) is 2.15. The molecule has 54 valence electrons. The third kappa shape index (κ3) is 1.64. The van der Waals surface area contributed by atoms with Crippen molar-refractivity contribution in [2.75, 3.05) is 17.3 Å². The van der Waals surface area contributed by atoms with Crippen LogP contribution in [-0.2, 0) is 0 Å². The lowest BCUT2D eigenvalue weighted by Crippen LogP contribution is -2.33. The molecule has 0 aromatic rings. The molecule has 1 saturated carbocycles. The fourth-order valence-electron chi connectivity index (χ4n) is 1.30. The second-order valence-electron chi connectivity index (χ2n) is 2.92. The van der Waals surface area contributed by atoms with Crippen molar-refractivity contribution in [1.29, 1.82) is 0 Å². The van der Waals surface area contributed by atoms with Crippen molar-refractivity contribution in [3.05, 3.63) is 0 Å². The van der Waals surface area contributed by atoms with Crippen LogP contribution in [0.4, 0.5) is 0 Å². The zero-order valence-electron chi connectivity index (χ0n) is 5.82. The van der Waals surface area contributed by atoms with E-state index in [1.165, 1.54) is 30.3 Å². The molecule has 9 heavy (non-hydrogen) atoms. The van der Waals surface area contributed by atoms with E-state index in [9.17, 15) is 0 Å². The van der Waals surface area contributed by atoms with Crippen LogP contribution >= 0.6 is 27.7 Å². The maximum Gasteiger partial charge on any atom is 0.00958 e. The van der Waals surface area contributed by atoms with Gasteiger partial charge in [-0.2, -0.15) is 11.8 Å². The summed E-state index contributed by atoms with van der Waals surface area (Å²) >= 11 is 5.55. The Bertz CT molecular complexity index is 83.4. The van der Waals surface area contributed by atoms with Gasteiger partial charge in [0, 0.05) is 5.33 Å². The number of rotatable bonds is 3. The lowest BCUT2D eigenvalue weighted by molar-refractivity contribution is 0.207. The van der Waals surface area contributed by atoms with Gasteiger partial charge in [0.05, 0.1) is 0 Å². The molecular weight excluding hydrogens is 196 g/mol. The number of hydrogen-bond donors (Lipinski definition) is 0. The molecule has 0 saturated heterocycles. The first-order chi connectivity index (χ1) is 4.33. The molecule has 0 radical (unpaired) electrons. The molecule has 0 bridgehead atoms. The lowest BCUT2D eigenvalue weighted by atomic mass is 9.72. The topological polar surface area (TPSA) is 0 Å². The molecule has 0 atom stereocenters. The average Bonchev–Trinajstić information content (AvgIpc) is 1.79. The molecule has 1 aliphatic rings. The van der Waals surface area contributed by atoms with Gasteiger partial charge in [0.1, 0.15) is 0 Å². The molecule has 1 aliphatic carbocycles. The van der Waals surface area contributed by atoms with Crippen LogP contribution in [0.3, 0.4) is 0 Å². The summed E-state index contributed by atoms with van der Waals surface area (Å²) in [6.45, 7) is 0. The second-order valence-corrected chi connectivity index (χ2v) is 4.35. The summed E-state index contributed by atoms with van der Waals surface area (Å²) < 4.78 is 0. The normalized spacial score (nSPS) is 23.3. The van der Waals surface area contributed by atoms with E-state index < -0.39 is 0 Å². The maximum atomic E-state index is 3.57. The van der Waals surface area contributed by atoms with Gasteiger partial charge < -0.3 is 0 Å². The van der Waals surface area contributed by atoms with E-state index in [1.54, 1.807) is 0 Å². The molecule has 2 heteroatoms. The van der Waals surface area contributed by atoms with E-state index in [2.05, 4.69) is 22.2 Å². The summed E-state index contributed by atoms with van der Waals surface area (Å²) in [5.41, 5.74) is 0.694. The molecule has 0 heterocycles. The lowest BCUT2D eigenvalue weighted by Gasteiger charge is -2.39. The average molecular weight is 209 g/mol. The zero-order chi connectivity index (χ0) is 6.74. The second kappa shape index (κ2) is 3.29. The summed E-state index contributed by atoms with van der Waals surface area (Å²) in [4.78, 5) is 0. The number of halogens is 1. The van der Waals surface area contributed by atoms with Crippen LogP contribution in [0, 0.1) is 5.41 Å². The zero-order valence-corrected chi connectivity index (χ0v) is 8.22. The smallest absolute Gasteiger partial charge is 0.00958 e. The summed E-state index contributed by atoms with van der Waals surface area (Å²) in [6.07, 6.45) is 6.53. The number of hydrogen-bond acceptors (Lipinski definition) is 1. The van der Waals surface area contributed by atoms with Gasteiger partial charge in [-0.3, -0.25) is 0 Å². The molecule has 1 rings (SSSR count). The van der Waals surface area contributed by atoms with Crippen molar-refractivity contribution < 1.29 is 0 Å². The van der Waals surface area contributed by atoms with Crippen molar-refractivity contribution in [3.8, 4) is 0 Å². The summed E-state index contributed by atoms with van der Waals surface area (Å²) in [5.74, 6) is 1.35. The van der Waals surface area contributed by atoms with Crippen molar-refractivity contribution in [2.45, 2.75) is 19.3 Å². The standard InChI is InChI=1S/C7H13BrS/c1-9-6-7(5-8)3-2-4-7/h2-6H2,1H3. The summed E-state index contributed by atoms with van der Waals surface area (Å²) in [6, 6.07) is 0. The Morgan fingerprint density at radius 1 is 1.56 bits per heavy atom. The highest BCUT2D eigenvalue weighted by molar-refractivity contribution is 9.09. The summed E-state index contributed by atoms with van der Waals surface area (Å²) in [5, 5.41) is 1.21. The number of alkyl halides is 1.